The quantitative estimate of drug-likeness (QED) is 0.616. The zero-order valence-electron chi connectivity index (χ0n) is 14.2. The predicted octanol–water partition coefficient (Wildman–Crippen LogP) is 5.09. The van der Waals surface area contributed by atoms with Gasteiger partial charge in [0.25, 0.3) is 0 Å². The Morgan fingerprint density at radius 3 is 2.57 bits per heavy atom. The molecule has 4 saturated carbocycles. The molecule has 21 heavy (non-hydrogen) atoms. The van der Waals surface area contributed by atoms with Crippen LogP contribution < -0.4 is 0 Å². The van der Waals surface area contributed by atoms with Gasteiger partial charge in [-0.3, -0.25) is 0 Å². The molecule has 0 aromatic rings. The van der Waals surface area contributed by atoms with Crippen molar-refractivity contribution in [3.63, 3.8) is 0 Å². The van der Waals surface area contributed by atoms with Crippen LogP contribution in [0.1, 0.15) is 78.6 Å². The van der Waals surface area contributed by atoms with Crippen LogP contribution in [-0.2, 0) is 0 Å². The molecule has 4 aliphatic carbocycles. The zero-order valence-corrected chi connectivity index (χ0v) is 14.2. The Balaban J connectivity index is 1.82. The van der Waals surface area contributed by atoms with E-state index < -0.39 is 5.60 Å². The summed E-state index contributed by atoms with van der Waals surface area (Å²) in [6, 6.07) is 0. The van der Waals surface area contributed by atoms with E-state index in [2.05, 4.69) is 27.4 Å². The molecule has 1 heteroatoms. The highest BCUT2D eigenvalue weighted by molar-refractivity contribution is 5.27. The number of hydrogen-bond acceptors (Lipinski definition) is 1. The first-order valence-electron chi connectivity index (χ1n) is 9.14. The van der Waals surface area contributed by atoms with Crippen molar-refractivity contribution in [1.29, 1.82) is 0 Å². The van der Waals surface area contributed by atoms with Crippen molar-refractivity contribution in [2.75, 3.05) is 0 Å². The highest BCUT2D eigenvalue weighted by Gasteiger charge is 2.70. The minimum atomic E-state index is -0.434. The van der Waals surface area contributed by atoms with E-state index in [1.165, 1.54) is 50.5 Å². The Bertz CT molecular complexity index is 492. The second-order valence-corrected chi connectivity index (χ2v) is 9.77. The number of rotatable bonds is 0. The third-order valence-corrected chi connectivity index (χ3v) is 8.60. The number of hydrogen-bond donors (Lipinski definition) is 1. The molecular formula is C20H32O. The SMILES string of the molecule is C=C1C[C@]23CC[C@H]4C(C)(C)CCC[C@@]4(C)[C@]2(O)CC[C@H]1C3. The Morgan fingerprint density at radius 1 is 1.05 bits per heavy atom. The van der Waals surface area contributed by atoms with Crippen LogP contribution in [0.2, 0.25) is 0 Å². The van der Waals surface area contributed by atoms with E-state index in [-0.39, 0.29) is 10.8 Å². The van der Waals surface area contributed by atoms with Gasteiger partial charge in [-0.25, -0.2) is 0 Å². The Kier molecular flexibility index (Phi) is 2.70. The fraction of sp³-hybridized carbons (Fsp3) is 0.900. The largest absolute Gasteiger partial charge is 0.389 e. The van der Waals surface area contributed by atoms with E-state index in [0.717, 1.165) is 12.8 Å². The lowest BCUT2D eigenvalue weighted by atomic mass is 9.39. The maximum absolute atomic E-state index is 12.0. The van der Waals surface area contributed by atoms with Gasteiger partial charge in [0.05, 0.1) is 5.60 Å². The number of aliphatic hydroxyl groups is 1. The van der Waals surface area contributed by atoms with Crippen molar-refractivity contribution in [3.05, 3.63) is 12.2 Å². The van der Waals surface area contributed by atoms with E-state index in [1.54, 1.807) is 0 Å². The highest BCUT2D eigenvalue weighted by Crippen LogP contribution is 2.73. The van der Waals surface area contributed by atoms with Gasteiger partial charge in [-0.15, -0.1) is 0 Å². The molecule has 5 atom stereocenters. The Hall–Kier alpha value is -0.300. The zero-order chi connectivity index (χ0) is 15.1. The maximum Gasteiger partial charge on any atom is 0.0763 e. The second kappa shape index (κ2) is 3.96. The monoisotopic (exact) mass is 288 g/mol. The van der Waals surface area contributed by atoms with Crippen molar-refractivity contribution in [2.45, 2.75) is 84.2 Å². The third-order valence-electron chi connectivity index (χ3n) is 8.60. The first kappa shape index (κ1) is 14.3. The maximum atomic E-state index is 12.0. The Morgan fingerprint density at radius 2 is 1.81 bits per heavy atom. The second-order valence-electron chi connectivity index (χ2n) is 9.77. The van der Waals surface area contributed by atoms with Crippen LogP contribution in [0.4, 0.5) is 0 Å². The van der Waals surface area contributed by atoms with Gasteiger partial charge in [0, 0.05) is 10.8 Å². The molecule has 4 fully saturated rings. The molecule has 0 radical (unpaired) electrons. The van der Waals surface area contributed by atoms with E-state index in [4.69, 9.17) is 0 Å². The molecule has 0 aliphatic heterocycles. The van der Waals surface area contributed by atoms with Crippen LogP contribution in [0.25, 0.3) is 0 Å². The van der Waals surface area contributed by atoms with Gasteiger partial charge in [-0.1, -0.05) is 39.3 Å². The van der Waals surface area contributed by atoms with Crippen LogP contribution in [0.5, 0.6) is 0 Å². The van der Waals surface area contributed by atoms with E-state index in [9.17, 15) is 5.11 Å². The summed E-state index contributed by atoms with van der Waals surface area (Å²) in [5.41, 5.74) is 1.71. The van der Waals surface area contributed by atoms with Crippen LogP contribution in [-0.4, -0.2) is 10.7 Å². The van der Waals surface area contributed by atoms with Crippen molar-refractivity contribution < 1.29 is 5.11 Å². The molecule has 0 heterocycles. The highest BCUT2D eigenvalue weighted by atomic mass is 16.3. The molecule has 1 spiro atoms. The summed E-state index contributed by atoms with van der Waals surface area (Å²) in [4.78, 5) is 0. The lowest BCUT2D eigenvalue weighted by Gasteiger charge is -2.68. The summed E-state index contributed by atoms with van der Waals surface area (Å²) in [6.45, 7) is 11.7. The summed E-state index contributed by atoms with van der Waals surface area (Å²) >= 11 is 0. The molecule has 4 rings (SSSR count). The molecule has 0 aromatic heterocycles. The fourth-order valence-corrected chi connectivity index (χ4v) is 7.57. The number of fused-ring (bicyclic) bond motifs is 3. The minimum Gasteiger partial charge on any atom is -0.389 e. The van der Waals surface area contributed by atoms with Crippen molar-refractivity contribution in [3.8, 4) is 0 Å². The van der Waals surface area contributed by atoms with Gasteiger partial charge in [0.15, 0.2) is 0 Å². The van der Waals surface area contributed by atoms with Gasteiger partial charge in [-0.2, -0.15) is 0 Å². The molecule has 118 valence electrons. The first-order valence-corrected chi connectivity index (χ1v) is 9.14. The molecule has 0 aromatic carbocycles. The Labute approximate surface area is 130 Å². The average molecular weight is 288 g/mol. The summed E-state index contributed by atoms with van der Waals surface area (Å²) in [7, 11) is 0. The van der Waals surface area contributed by atoms with Gasteiger partial charge < -0.3 is 5.11 Å². The molecular weight excluding hydrogens is 256 g/mol. The average Bonchev–Trinajstić information content (AvgIpc) is 2.66. The summed E-state index contributed by atoms with van der Waals surface area (Å²) in [5.74, 6) is 1.40. The third kappa shape index (κ3) is 1.52. The van der Waals surface area contributed by atoms with Crippen LogP contribution >= 0.6 is 0 Å². The first-order chi connectivity index (χ1) is 9.74. The molecule has 0 unspecified atom stereocenters. The standard InChI is InChI=1S/C20H32O/c1-14-12-19-10-7-16-17(2,3)8-5-9-18(16,4)20(19,21)11-6-15(14)13-19/h15-16,21H,1,5-13H2,2-4H3/t15-,16-,18+,19-,20+/m0/s1. The lowest BCUT2D eigenvalue weighted by Crippen LogP contribution is -2.67. The molecule has 4 aliphatic rings. The van der Waals surface area contributed by atoms with Crippen molar-refractivity contribution in [2.24, 2.45) is 28.1 Å². The summed E-state index contributed by atoms with van der Waals surface area (Å²) in [6.07, 6.45) is 11.0. The van der Waals surface area contributed by atoms with Crippen LogP contribution in [0.15, 0.2) is 12.2 Å². The molecule has 2 bridgehead atoms. The lowest BCUT2D eigenvalue weighted by molar-refractivity contribution is -0.260. The number of allylic oxidation sites excluding steroid dienone is 1. The summed E-state index contributed by atoms with van der Waals surface area (Å²) in [5, 5.41) is 12.0. The molecule has 1 N–H and O–H groups in total. The molecule has 1 nitrogen and oxygen atoms in total. The van der Waals surface area contributed by atoms with Crippen LogP contribution in [0.3, 0.4) is 0 Å². The van der Waals surface area contributed by atoms with Gasteiger partial charge in [0.1, 0.15) is 0 Å². The summed E-state index contributed by atoms with van der Waals surface area (Å²) < 4.78 is 0. The molecule has 0 amide bonds. The molecule has 0 saturated heterocycles. The van der Waals surface area contributed by atoms with E-state index in [1.807, 2.05) is 0 Å². The fourth-order valence-electron chi connectivity index (χ4n) is 7.57. The van der Waals surface area contributed by atoms with Crippen molar-refractivity contribution >= 4 is 0 Å². The van der Waals surface area contributed by atoms with Gasteiger partial charge in [-0.05, 0) is 68.6 Å². The van der Waals surface area contributed by atoms with E-state index in [0.29, 0.717) is 17.3 Å². The normalized spacial score (nSPS) is 55.0. The minimum absolute atomic E-state index is 0.128. The van der Waals surface area contributed by atoms with Gasteiger partial charge in [0.2, 0.25) is 0 Å². The van der Waals surface area contributed by atoms with E-state index >= 15 is 0 Å². The smallest absolute Gasteiger partial charge is 0.0763 e. The van der Waals surface area contributed by atoms with Crippen molar-refractivity contribution in [1.82, 2.24) is 0 Å². The topological polar surface area (TPSA) is 20.2 Å². The van der Waals surface area contributed by atoms with Crippen LogP contribution in [0, 0.1) is 28.1 Å². The van der Waals surface area contributed by atoms with Gasteiger partial charge >= 0.3 is 0 Å². The predicted molar refractivity (Wildman–Crippen MR) is 86.9 cm³/mol.